The summed E-state index contributed by atoms with van der Waals surface area (Å²) >= 11 is 0. The molecular weight excluding hydrogens is 190 g/mol. The SMILES string of the molecule is C=CCOC(=O)NCCCCCCCC. The first-order valence-electron chi connectivity index (χ1n) is 5.82. The Labute approximate surface area is 92.9 Å². The molecular formula is C12H23NO2. The summed E-state index contributed by atoms with van der Waals surface area (Å²) in [7, 11) is 0. The first-order valence-corrected chi connectivity index (χ1v) is 5.82. The van der Waals surface area contributed by atoms with Gasteiger partial charge in [0.05, 0.1) is 0 Å². The van der Waals surface area contributed by atoms with Crippen LogP contribution in [0.2, 0.25) is 0 Å². The summed E-state index contributed by atoms with van der Waals surface area (Å²) in [5, 5.41) is 2.70. The van der Waals surface area contributed by atoms with Crippen LogP contribution in [0.1, 0.15) is 45.4 Å². The zero-order valence-corrected chi connectivity index (χ0v) is 9.76. The first-order chi connectivity index (χ1) is 7.31. The normalized spacial score (nSPS) is 9.67. The molecule has 0 unspecified atom stereocenters. The second kappa shape index (κ2) is 11.1. The van der Waals surface area contributed by atoms with Crippen molar-refractivity contribution < 1.29 is 9.53 Å². The van der Waals surface area contributed by atoms with Gasteiger partial charge >= 0.3 is 6.09 Å². The molecule has 15 heavy (non-hydrogen) atoms. The molecule has 3 heteroatoms. The minimum absolute atomic E-state index is 0.280. The van der Waals surface area contributed by atoms with Crippen molar-refractivity contribution in [2.24, 2.45) is 0 Å². The lowest BCUT2D eigenvalue weighted by molar-refractivity contribution is 0.158. The molecule has 0 aromatic rings. The van der Waals surface area contributed by atoms with Crippen LogP contribution in [-0.4, -0.2) is 19.2 Å². The number of ether oxygens (including phenoxy) is 1. The number of carbonyl (C=O) groups excluding carboxylic acids is 1. The van der Waals surface area contributed by atoms with Crippen molar-refractivity contribution >= 4 is 6.09 Å². The minimum Gasteiger partial charge on any atom is -0.445 e. The predicted octanol–water partition coefficient (Wildman–Crippen LogP) is 3.26. The number of alkyl carbamates (subject to hydrolysis) is 1. The van der Waals surface area contributed by atoms with E-state index >= 15 is 0 Å². The summed E-state index contributed by atoms with van der Waals surface area (Å²) in [5.74, 6) is 0. The molecule has 0 spiro atoms. The second-order valence-electron chi connectivity index (χ2n) is 3.58. The van der Waals surface area contributed by atoms with Gasteiger partial charge in [-0.2, -0.15) is 0 Å². The van der Waals surface area contributed by atoms with Crippen LogP contribution >= 0.6 is 0 Å². The van der Waals surface area contributed by atoms with E-state index in [9.17, 15) is 4.79 Å². The van der Waals surface area contributed by atoms with Crippen LogP contribution in [0, 0.1) is 0 Å². The lowest BCUT2D eigenvalue weighted by Crippen LogP contribution is -2.25. The summed E-state index contributed by atoms with van der Waals surface area (Å²) in [5.41, 5.74) is 0. The van der Waals surface area contributed by atoms with Crippen molar-refractivity contribution in [1.29, 1.82) is 0 Å². The van der Waals surface area contributed by atoms with E-state index in [1.807, 2.05) is 0 Å². The molecule has 0 aromatic carbocycles. The Bertz CT molecular complexity index is 169. The Morgan fingerprint density at radius 1 is 1.27 bits per heavy atom. The molecule has 0 atom stereocenters. The number of rotatable bonds is 9. The molecule has 0 saturated carbocycles. The molecule has 1 N–H and O–H groups in total. The van der Waals surface area contributed by atoms with Gasteiger partial charge < -0.3 is 10.1 Å². The minimum atomic E-state index is -0.344. The fraction of sp³-hybridized carbons (Fsp3) is 0.750. The van der Waals surface area contributed by atoms with Crippen molar-refractivity contribution in [3.8, 4) is 0 Å². The molecule has 0 aliphatic carbocycles. The van der Waals surface area contributed by atoms with Crippen LogP contribution in [0.3, 0.4) is 0 Å². The zero-order chi connectivity index (χ0) is 11.4. The maximum absolute atomic E-state index is 11.0. The van der Waals surface area contributed by atoms with E-state index in [-0.39, 0.29) is 12.7 Å². The van der Waals surface area contributed by atoms with Crippen LogP contribution in [0.5, 0.6) is 0 Å². The Hall–Kier alpha value is -0.990. The molecule has 3 nitrogen and oxygen atoms in total. The van der Waals surface area contributed by atoms with E-state index in [0.29, 0.717) is 6.54 Å². The highest BCUT2D eigenvalue weighted by atomic mass is 16.5. The van der Waals surface area contributed by atoms with Gasteiger partial charge in [0.25, 0.3) is 0 Å². The van der Waals surface area contributed by atoms with Crippen molar-refractivity contribution in [3.63, 3.8) is 0 Å². The highest BCUT2D eigenvalue weighted by molar-refractivity contribution is 5.67. The highest BCUT2D eigenvalue weighted by Gasteiger charge is 1.98. The number of unbranched alkanes of at least 4 members (excludes halogenated alkanes) is 5. The molecule has 0 bridgehead atoms. The summed E-state index contributed by atoms with van der Waals surface area (Å²) in [4.78, 5) is 11.0. The van der Waals surface area contributed by atoms with E-state index in [2.05, 4.69) is 18.8 Å². The maximum Gasteiger partial charge on any atom is 0.407 e. The fourth-order valence-electron chi connectivity index (χ4n) is 1.28. The number of hydrogen-bond acceptors (Lipinski definition) is 2. The third-order valence-corrected chi connectivity index (χ3v) is 2.13. The van der Waals surface area contributed by atoms with E-state index in [0.717, 1.165) is 6.42 Å². The van der Waals surface area contributed by atoms with Gasteiger partial charge in [-0.15, -0.1) is 0 Å². The number of amides is 1. The van der Waals surface area contributed by atoms with Crippen LogP contribution in [0.25, 0.3) is 0 Å². The van der Waals surface area contributed by atoms with Gasteiger partial charge in [0, 0.05) is 6.54 Å². The molecule has 1 amide bonds. The van der Waals surface area contributed by atoms with Gasteiger partial charge in [-0.3, -0.25) is 0 Å². The first kappa shape index (κ1) is 14.0. The Morgan fingerprint density at radius 2 is 1.93 bits per heavy atom. The molecule has 0 heterocycles. The van der Waals surface area contributed by atoms with Crippen molar-refractivity contribution in [2.45, 2.75) is 45.4 Å². The number of carbonyl (C=O) groups is 1. The average Bonchev–Trinajstić information content (AvgIpc) is 2.25. The zero-order valence-electron chi connectivity index (χ0n) is 9.76. The van der Waals surface area contributed by atoms with Gasteiger partial charge in [0.2, 0.25) is 0 Å². The lowest BCUT2D eigenvalue weighted by atomic mass is 10.1. The van der Waals surface area contributed by atoms with Crippen molar-refractivity contribution in [3.05, 3.63) is 12.7 Å². The lowest BCUT2D eigenvalue weighted by Gasteiger charge is -2.04. The molecule has 0 radical (unpaired) electrons. The van der Waals surface area contributed by atoms with Gasteiger partial charge in [0.15, 0.2) is 0 Å². The van der Waals surface area contributed by atoms with Gasteiger partial charge in [0.1, 0.15) is 6.61 Å². The third kappa shape index (κ3) is 10.9. The maximum atomic E-state index is 11.0. The van der Waals surface area contributed by atoms with E-state index in [4.69, 9.17) is 4.74 Å². The number of hydrogen-bond donors (Lipinski definition) is 1. The standard InChI is InChI=1S/C12H23NO2/c1-3-5-6-7-8-9-10-13-12(14)15-11-4-2/h4H,2-3,5-11H2,1H3,(H,13,14). The Balaban J connectivity index is 3.09. The summed E-state index contributed by atoms with van der Waals surface area (Å²) in [6, 6.07) is 0. The number of nitrogens with one attached hydrogen (secondary N) is 1. The van der Waals surface area contributed by atoms with E-state index in [1.54, 1.807) is 6.08 Å². The molecule has 0 aliphatic heterocycles. The molecule has 0 saturated heterocycles. The van der Waals surface area contributed by atoms with Crippen LogP contribution in [0.4, 0.5) is 4.79 Å². The smallest absolute Gasteiger partial charge is 0.407 e. The average molecular weight is 213 g/mol. The second-order valence-corrected chi connectivity index (χ2v) is 3.58. The van der Waals surface area contributed by atoms with E-state index < -0.39 is 0 Å². The molecule has 0 rings (SSSR count). The summed E-state index contributed by atoms with van der Waals surface area (Å²) < 4.78 is 4.77. The van der Waals surface area contributed by atoms with Crippen molar-refractivity contribution in [2.75, 3.05) is 13.2 Å². The molecule has 0 aromatic heterocycles. The quantitative estimate of drug-likeness (QED) is 0.471. The van der Waals surface area contributed by atoms with Gasteiger partial charge in [-0.25, -0.2) is 4.79 Å². The van der Waals surface area contributed by atoms with Crippen molar-refractivity contribution in [1.82, 2.24) is 5.32 Å². The monoisotopic (exact) mass is 213 g/mol. The van der Waals surface area contributed by atoms with Gasteiger partial charge in [-0.05, 0) is 6.42 Å². The predicted molar refractivity (Wildman–Crippen MR) is 62.9 cm³/mol. The fourth-order valence-corrected chi connectivity index (χ4v) is 1.28. The molecule has 0 fully saturated rings. The third-order valence-electron chi connectivity index (χ3n) is 2.13. The largest absolute Gasteiger partial charge is 0.445 e. The molecule has 88 valence electrons. The topological polar surface area (TPSA) is 38.3 Å². The van der Waals surface area contributed by atoms with E-state index in [1.165, 1.54) is 32.1 Å². The summed E-state index contributed by atoms with van der Waals surface area (Å²) in [6.45, 7) is 6.66. The van der Waals surface area contributed by atoms with Crippen LogP contribution in [0.15, 0.2) is 12.7 Å². The Kier molecular flexibility index (Phi) is 10.4. The molecule has 0 aliphatic rings. The Morgan fingerprint density at radius 3 is 2.60 bits per heavy atom. The summed E-state index contributed by atoms with van der Waals surface area (Å²) in [6.07, 6.45) is 8.58. The highest BCUT2D eigenvalue weighted by Crippen LogP contribution is 2.03. The van der Waals surface area contributed by atoms with Crippen LogP contribution in [-0.2, 0) is 4.74 Å². The van der Waals surface area contributed by atoms with Gasteiger partial charge in [-0.1, -0.05) is 51.7 Å². The van der Waals surface area contributed by atoms with Crippen LogP contribution < -0.4 is 5.32 Å².